The summed E-state index contributed by atoms with van der Waals surface area (Å²) in [5, 5.41) is 6.29. The monoisotopic (exact) mass is 408 g/mol. The topological polar surface area (TPSA) is 58.2 Å². The van der Waals surface area contributed by atoms with Gasteiger partial charge in [0.15, 0.2) is 0 Å². The molecule has 0 aliphatic carbocycles. The standard InChI is InChI=1S/C18H18BrClN2O2/c1-12(13-4-8-16(20)9-5-13)22-17(23)10-11-21-18(24)14-2-6-15(19)7-3-14/h2-9,12H,10-11H2,1H3,(H,21,24)(H,22,23). The minimum Gasteiger partial charge on any atom is -0.352 e. The van der Waals surface area contributed by atoms with Gasteiger partial charge in [0.2, 0.25) is 5.91 Å². The van der Waals surface area contributed by atoms with E-state index >= 15 is 0 Å². The minimum atomic E-state index is -0.193. The zero-order valence-electron chi connectivity index (χ0n) is 13.2. The molecule has 1 unspecified atom stereocenters. The summed E-state index contributed by atoms with van der Waals surface area (Å²) in [6, 6.07) is 14.3. The van der Waals surface area contributed by atoms with Crippen LogP contribution < -0.4 is 10.6 Å². The van der Waals surface area contributed by atoms with Crippen molar-refractivity contribution < 1.29 is 9.59 Å². The van der Waals surface area contributed by atoms with Crippen molar-refractivity contribution in [3.63, 3.8) is 0 Å². The van der Waals surface area contributed by atoms with E-state index in [1.165, 1.54) is 0 Å². The second-order valence-corrected chi connectivity index (χ2v) is 6.71. The average Bonchev–Trinajstić information content (AvgIpc) is 2.55. The summed E-state index contributed by atoms with van der Waals surface area (Å²) in [6.45, 7) is 2.19. The molecule has 0 spiro atoms. The highest BCUT2D eigenvalue weighted by molar-refractivity contribution is 9.10. The molecule has 24 heavy (non-hydrogen) atoms. The van der Waals surface area contributed by atoms with Crippen LogP contribution in [0.5, 0.6) is 0 Å². The molecule has 0 saturated heterocycles. The van der Waals surface area contributed by atoms with Crippen LogP contribution in [0.1, 0.15) is 35.3 Å². The fourth-order valence-corrected chi connectivity index (χ4v) is 2.53. The van der Waals surface area contributed by atoms with Gasteiger partial charge in [-0.1, -0.05) is 39.7 Å². The third-order valence-electron chi connectivity index (χ3n) is 3.49. The Morgan fingerprint density at radius 2 is 1.71 bits per heavy atom. The van der Waals surface area contributed by atoms with Gasteiger partial charge in [0, 0.05) is 28.0 Å². The lowest BCUT2D eigenvalue weighted by atomic mass is 10.1. The predicted octanol–water partition coefficient (Wildman–Crippen LogP) is 4.10. The van der Waals surface area contributed by atoms with Gasteiger partial charge < -0.3 is 10.6 Å². The molecule has 2 N–H and O–H groups in total. The molecule has 2 amide bonds. The number of carbonyl (C=O) groups excluding carboxylic acids is 2. The Kier molecular flexibility index (Phi) is 6.82. The molecule has 6 heteroatoms. The van der Waals surface area contributed by atoms with Gasteiger partial charge in [0.25, 0.3) is 5.91 Å². The number of amides is 2. The van der Waals surface area contributed by atoms with Crippen LogP contribution in [-0.2, 0) is 4.79 Å². The van der Waals surface area contributed by atoms with E-state index in [1.54, 1.807) is 36.4 Å². The molecule has 4 nitrogen and oxygen atoms in total. The highest BCUT2D eigenvalue weighted by Gasteiger charge is 2.10. The van der Waals surface area contributed by atoms with E-state index in [1.807, 2.05) is 19.1 Å². The summed E-state index contributed by atoms with van der Waals surface area (Å²) in [5.74, 6) is -0.311. The third kappa shape index (κ3) is 5.65. The number of carbonyl (C=O) groups is 2. The highest BCUT2D eigenvalue weighted by Crippen LogP contribution is 2.16. The average molecular weight is 410 g/mol. The van der Waals surface area contributed by atoms with E-state index in [2.05, 4.69) is 26.6 Å². The van der Waals surface area contributed by atoms with Crippen LogP contribution in [0.25, 0.3) is 0 Å². The molecule has 0 aromatic heterocycles. The lowest BCUT2D eigenvalue weighted by Crippen LogP contribution is -2.32. The van der Waals surface area contributed by atoms with Crippen LogP contribution in [0.2, 0.25) is 5.02 Å². The van der Waals surface area contributed by atoms with Crippen LogP contribution in [0, 0.1) is 0 Å². The summed E-state index contributed by atoms with van der Waals surface area (Å²) in [4.78, 5) is 23.9. The molecule has 0 radical (unpaired) electrons. The molecule has 0 saturated carbocycles. The normalized spacial score (nSPS) is 11.6. The summed E-state index contributed by atoms with van der Waals surface area (Å²) in [7, 11) is 0. The molecule has 0 bridgehead atoms. The number of rotatable bonds is 6. The quantitative estimate of drug-likeness (QED) is 0.754. The van der Waals surface area contributed by atoms with E-state index in [4.69, 9.17) is 11.6 Å². The maximum absolute atomic E-state index is 12.0. The van der Waals surface area contributed by atoms with Crippen molar-refractivity contribution in [1.29, 1.82) is 0 Å². The smallest absolute Gasteiger partial charge is 0.251 e. The zero-order valence-corrected chi connectivity index (χ0v) is 15.5. The first-order valence-corrected chi connectivity index (χ1v) is 8.71. The van der Waals surface area contributed by atoms with Crippen LogP contribution in [0.3, 0.4) is 0 Å². The van der Waals surface area contributed by atoms with Crippen molar-refractivity contribution in [3.8, 4) is 0 Å². The van der Waals surface area contributed by atoms with E-state index in [0.29, 0.717) is 10.6 Å². The molecule has 0 fully saturated rings. The number of hydrogen-bond acceptors (Lipinski definition) is 2. The van der Waals surface area contributed by atoms with Gasteiger partial charge in [-0.2, -0.15) is 0 Å². The Hall–Kier alpha value is -1.85. The summed E-state index contributed by atoms with van der Waals surface area (Å²) < 4.78 is 0.912. The van der Waals surface area contributed by atoms with Gasteiger partial charge in [-0.3, -0.25) is 9.59 Å². The highest BCUT2D eigenvalue weighted by atomic mass is 79.9. The number of benzene rings is 2. The largest absolute Gasteiger partial charge is 0.352 e. The second-order valence-electron chi connectivity index (χ2n) is 5.35. The Labute approximate surface area is 154 Å². The van der Waals surface area contributed by atoms with Crippen molar-refractivity contribution >= 4 is 39.3 Å². The molecular formula is C18H18BrClN2O2. The lowest BCUT2D eigenvalue weighted by Gasteiger charge is -2.14. The van der Waals surface area contributed by atoms with Crippen molar-refractivity contribution in [2.75, 3.05) is 6.54 Å². The summed E-state index contributed by atoms with van der Waals surface area (Å²) in [6.07, 6.45) is 0.222. The first-order valence-electron chi connectivity index (χ1n) is 7.54. The molecule has 0 aliphatic heterocycles. The van der Waals surface area contributed by atoms with Crippen LogP contribution in [0.4, 0.5) is 0 Å². The van der Waals surface area contributed by atoms with Crippen molar-refractivity contribution in [2.45, 2.75) is 19.4 Å². The van der Waals surface area contributed by atoms with E-state index < -0.39 is 0 Å². The van der Waals surface area contributed by atoms with Gasteiger partial charge in [0.05, 0.1) is 6.04 Å². The Morgan fingerprint density at radius 3 is 2.33 bits per heavy atom. The number of hydrogen-bond donors (Lipinski definition) is 2. The van der Waals surface area contributed by atoms with Gasteiger partial charge in [0.1, 0.15) is 0 Å². The molecule has 0 aliphatic rings. The molecule has 0 heterocycles. The third-order valence-corrected chi connectivity index (χ3v) is 4.27. The summed E-state index contributed by atoms with van der Waals surface area (Å²) >= 11 is 9.17. The molecule has 2 aromatic carbocycles. The van der Waals surface area contributed by atoms with Gasteiger partial charge >= 0.3 is 0 Å². The lowest BCUT2D eigenvalue weighted by molar-refractivity contribution is -0.121. The van der Waals surface area contributed by atoms with Gasteiger partial charge in [-0.15, -0.1) is 0 Å². The maximum atomic E-state index is 12.0. The van der Waals surface area contributed by atoms with Gasteiger partial charge in [-0.25, -0.2) is 0 Å². The fourth-order valence-electron chi connectivity index (χ4n) is 2.14. The molecular weight excluding hydrogens is 392 g/mol. The second kappa shape index (κ2) is 8.85. The van der Waals surface area contributed by atoms with E-state index in [9.17, 15) is 9.59 Å². The van der Waals surface area contributed by atoms with E-state index in [-0.39, 0.29) is 30.8 Å². The van der Waals surface area contributed by atoms with E-state index in [0.717, 1.165) is 10.0 Å². The number of halogens is 2. The summed E-state index contributed by atoms with van der Waals surface area (Å²) in [5.41, 5.74) is 1.54. The first kappa shape index (κ1) is 18.5. The molecule has 2 aromatic rings. The van der Waals surface area contributed by atoms with Crippen molar-refractivity contribution in [1.82, 2.24) is 10.6 Å². The number of nitrogens with one attached hydrogen (secondary N) is 2. The van der Waals surface area contributed by atoms with Crippen LogP contribution >= 0.6 is 27.5 Å². The predicted molar refractivity (Wildman–Crippen MR) is 99.1 cm³/mol. The SMILES string of the molecule is CC(NC(=O)CCNC(=O)c1ccc(Br)cc1)c1ccc(Cl)cc1. The van der Waals surface area contributed by atoms with Crippen molar-refractivity contribution in [3.05, 3.63) is 69.2 Å². The maximum Gasteiger partial charge on any atom is 0.251 e. The Bertz CT molecular complexity index is 702. The molecule has 2 rings (SSSR count). The zero-order chi connectivity index (χ0) is 17.5. The Morgan fingerprint density at radius 1 is 1.08 bits per heavy atom. The van der Waals surface area contributed by atoms with Gasteiger partial charge in [-0.05, 0) is 48.9 Å². The minimum absolute atomic E-state index is 0.114. The molecule has 1 atom stereocenters. The molecule has 126 valence electrons. The fraction of sp³-hybridized carbons (Fsp3) is 0.222. The van der Waals surface area contributed by atoms with Crippen molar-refractivity contribution in [2.24, 2.45) is 0 Å². The Balaban J connectivity index is 1.75. The first-order chi connectivity index (χ1) is 11.5. The van der Waals surface area contributed by atoms with Crippen LogP contribution in [0.15, 0.2) is 53.0 Å². The van der Waals surface area contributed by atoms with Crippen LogP contribution in [-0.4, -0.2) is 18.4 Å².